The molecule has 0 spiro atoms. The van der Waals surface area contributed by atoms with Gasteiger partial charge in [0.05, 0.1) is 18.1 Å². The molecule has 262 valence electrons. The number of hydrogen-bond donors (Lipinski definition) is 0. The third kappa shape index (κ3) is 7.18. The topological polar surface area (TPSA) is 84.3 Å². The van der Waals surface area contributed by atoms with Crippen molar-refractivity contribution in [1.82, 2.24) is 14.8 Å². The van der Waals surface area contributed by atoms with Crippen LogP contribution in [-0.4, -0.2) is 57.9 Å². The van der Waals surface area contributed by atoms with Crippen molar-refractivity contribution in [2.45, 2.75) is 97.2 Å². The number of halogens is 2. The molecule has 2 aliphatic rings. The number of aliphatic imine (C=N–C) groups is 1. The van der Waals surface area contributed by atoms with Gasteiger partial charge in [0.2, 0.25) is 0 Å². The normalized spacial score (nSPS) is 21.8. The molecule has 1 aromatic heterocycles. The number of piperidine rings is 1. The highest BCUT2D eigenvalue weighted by Crippen LogP contribution is 2.54. The Hall–Kier alpha value is -3.62. The molecule has 2 aromatic carbocycles. The molecule has 49 heavy (non-hydrogen) atoms. The third-order valence-corrected chi connectivity index (χ3v) is 10.1. The van der Waals surface area contributed by atoms with E-state index in [-0.39, 0.29) is 23.3 Å². The van der Waals surface area contributed by atoms with E-state index >= 15 is 4.79 Å². The summed E-state index contributed by atoms with van der Waals surface area (Å²) >= 11 is 12.8. The van der Waals surface area contributed by atoms with Crippen LogP contribution < -0.4 is 4.74 Å². The highest BCUT2D eigenvalue weighted by atomic mass is 35.5. The number of aromatic nitrogens is 1. The smallest absolute Gasteiger partial charge is 0.326 e. The zero-order valence-electron chi connectivity index (χ0n) is 30.1. The number of urea groups is 1. The van der Waals surface area contributed by atoms with Crippen LogP contribution >= 0.6 is 23.2 Å². The van der Waals surface area contributed by atoms with Gasteiger partial charge in [0.1, 0.15) is 28.3 Å². The van der Waals surface area contributed by atoms with Gasteiger partial charge >= 0.3 is 12.0 Å². The molecular weight excluding hydrogens is 659 g/mol. The van der Waals surface area contributed by atoms with Crippen LogP contribution in [0.25, 0.3) is 0 Å². The maximum absolute atomic E-state index is 15.2. The van der Waals surface area contributed by atoms with E-state index in [1.165, 1.54) is 0 Å². The molecule has 0 radical (unpaired) electrons. The molecule has 0 aliphatic carbocycles. The highest BCUT2D eigenvalue weighted by molar-refractivity contribution is 6.30. The average Bonchev–Trinajstić information content (AvgIpc) is 3.28. The molecule has 0 saturated carbocycles. The fourth-order valence-corrected chi connectivity index (χ4v) is 6.94. The van der Waals surface area contributed by atoms with E-state index in [1.54, 1.807) is 11.1 Å². The Kier molecular flexibility index (Phi) is 10.2. The van der Waals surface area contributed by atoms with Crippen molar-refractivity contribution in [2.75, 3.05) is 19.7 Å². The number of nitrogens with zero attached hydrogens (tertiary/aromatic N) is 4. The number of benzene rings is 2. The van der Waals surface area contributed by atoms with E-state index in [1.807, 2.05) is 101 Å². The largest absolute Gasteiger partial charge is 0.493 e. The number of rotatable bonds is 6. The van der Waals surface area contributed by atoms with Crippen molar-refractivity contribution < 1.29 is 19.1 Å². The average molecular weight is 708 g/mol. The number of hydrogen-bond acceptors (Lipinski definition) is 6. The van der Waals surface area contributed by atoms with Crippen LogP contribution in [0.4, 0.5) is 4.79 Å². The predicted octanol–water partition coefficient (Wildman–Crippen LogP) is 9.15. The fourth-order valence-electron chi connectivity index (χ4n) is 6.69. The van der Waals surface area contributed by atoms with Crippen molar-refractivity contribution in [1.29, 1.82) is 0 Å². The number of carbonyl (C=O) groups is 2. The van der Waals surface area contributed by atoms with Gasteiger partial charge in [-0.25, -0.2) is 4.79 Å². The molecule has 1 fully saturated rings. The summed E-state index contributed by atoms with van der Waals surface area (Å²) in [5.41, 5.74) is 0.359. The monoisotopic (exact) mass is 706 g/mol. The summed E-state index contributed by atoms with van der Waals surface area (Å²) in [5, 5.41) is 1.19. The molecule has 3 heterocycles. The second-order valence-electron chi connectivity index (χ2n) is 15.3. The number of carbonyl (C=O) groups excluding carboxylic acids is 2. The first kappa shape index (κ1) is 36.7. The van der Waals surface area contributed by atoms with Gasteiger partial charge in [0.15, 0.2) is 0 Å². The van der Waals surface area contributed by atoms with Crippen LogP contribution in [0.2, 0.25) is 10.0 Å². The van der Waals surface area contributed by atoms with Crippen LogP contribution in [0.5, 0.6) is 5.75 Å². The number of amidine groups is 1. The summed E-state index contributed by atoms with van der Waals surface area (Å²) in [6.45, 7) is 19.1. The van der Waals surface area contributed by atoms with Crippen molar-refractivity contribution in [2.24, 2.45) is 10.9 Å². The zero-order valence-corrected chi connectivity index (χ0v) is 31.6. The van der Waals surface area contributed by atoms with Crippen molar-refractivity contribution >= 4 is 41.0 Å². The lowest BCUT2D eigenvalue weighted by atomic mass is 9.71. The Morgan fingerprint density at radius 2 is 1.45 bits per heavy atom. The Bertz CT molecular complexity index is 1720. The molecule has 2 atom stereocenters. The van der Waals surface area contributed by atoms with E-state index in [4.69, 9.17) is 42.7 Å². The number of pyridine rings is 1. The summed E-state index contributed by atoms with van der Waals surface area (Å²) in [7, 11) is 0. The summed E-state index contributed by atoms with van der Waals surface area (Å²) in [4.78, 5) is 42.1. The minimum Gasteiger partial charge on any atom is -0.493 e. The van der Waals surface area contributed by atoms with Gasteiger partial charge in [-0.05, 0) is 89.8 Å². The number of ether oxygens (including phenoxy) is 2. The molecule has 5 rings (SSSR count). The molecular formula is C39H48Cl2N4O4. The Morgan fingerprint density at radius 1 is 0.898 bits per heavy atom. The van der Waals surface area contributed by atoms with Crippen LogP contribution in [0.1, 0.15) is 97.5 Å². The van der Waals surface area contributed by atoms with E-state index in [2.05, 4.69) is 20.8 Å². The van der Waals surface area contributed by atoms with Gasteiger partial charge in [-0.1, -0.05) is 68.2 Å². The number of esters is 1. The fraction of sp³-hybridized carbons (Fsp3) is 0.487. The molecule has 10 heteroatoms. The van der Waals surface area contributed by atoms with Gasteiger partial charge in [-0.15, -0.1) is 0 Å². The zero-order chi connectivity index (χ0) is 35.9. The first-order valence-corrected chi connectivity index (χ1v) is 17.7. The molecule has 1 saturated heterocycles. The SMILES string of the molecule is CCOc1cc(C(C)(C)C)ncc1C1=N[C@@](C)(c2ccc(Cl)cc2)C(C)(c2ccc(Cl)cc2)N1C(=O)N1CCC(C(=O)OC(C)(C)C)CC1. The molecule has 2 aliphatic heterocycles. The van der Waals surface area contributed by atoms with Crippen LogP contribution in [0, 0.1) is 5.92 Å². The quantitative estimate of drug-likeness (QED) is 0.239. The molecule has 8 nitrogen and oxygen atoms in total. The first-order valence-electron chi connectivity index (χ1n) is 17.0. The highest BCUT2D eigenvalue weighted by Gasteiger charge is 2.60. The van der Waals surface area contributed by atoms with Crippen LogP contribution in [-0.2, 0) is 26.0 Å². The summed E-state index contributed by atoms with van der Waals surface area (Å²) in [6.07, 6.45) is 2.77. The van der Waals surface area contributed by atoms with Crippen molar-refractivity contribution in [3.63, 3.8) is 0 Å². The standard InChI is InChI=1S/C39H48Cl2N4O4/c1-10-48-31-23-32(36(2,3)4)42-24-30(31)33-43-38(8,26-11-15-28(40)16-12-26)39(9,27-13-17-29(41)18-14-27)45(33)35(47)44-21-19-25(20-22-44)34(46)49-37(5,6)7/h11-18,23-25H,10,19-22H2,1-9H3/t38-,39?/m0/s1. The van der Waals surface area contributed by atoms with Gasteiger partial charge in [-0.2, -0.15) is 0 Å². The maximum atomic E-state index is 15.2. The van der Waals surface area contributed by atoms with E-state index < -0.39 is 16.7 Å². The van der Waals surface area contributed by atoms with Crippen LogP contribution in [0.3, 0.4) is 0 Å². The second-order valence-corrected chi connectivity index (χ2v) is 16.1. The molecule has 0 N–H and O–H groups in total. The first-order chi connectivity index (χ1) is 22.9. The van der Waals surface area contributed by atoms with Crippen LogP contribution in [0.15, 0.2) is 65.8 Å². The van der Waals surface area contributed by atoms with Crippen molar-refractivity contribution in [3.05, 3.63) is 93.2 Å². The number of likely N-dealkylation sites (tertiary alicyclic amines) is 1. The second kappa shape index (κ2) is 13.6. The lowest BCUT2D eigenvalue weighted by Gasteiger charge is -2.47. The molecule has 0 bridgehead atoms. The van der Waals surface area contributed by atoms with Gasteiger partial charge < -0.3 is 14.4 Å². The van der Waals surface area contributed by atoms with E-state index in [9.17, 15) is 4.79 Å². The summed E-state index contributed by atoms with van der Waals surface area (Å²) < 4.78 is 11.9. The molecule has 3 aromatic rings. The molecule has 2 amide bonds. The molecule has 1 unspecified atom stereocenters. The van der Waals surface area contributed by atoms with E-state index in [0.29, 0.717) is 59.7 Å². The summed E-state index contributed by atoms with van der Waals surface area (Å²) in [5.74, 6) is 0.540. The minimum atomic E-state index is -1.05. The summed E-state index contributed by atoms with van der Waals surface area (Å²) in [6, 6.07) is 16.9. The Labute approximate surface area is 300 Å². The Morgan fingerprint density at radius 3 is 1.96 bits per heavy atom. The van der Waals surface area contributed by atoms with Gasteiger partial charge in [0.25, 0.3) is 0 Å². The van der Waals surface area contributed by atoms with Crippen molar-refractivity contribution in [3.8, 4) is 5.75 Å². The maximum Gasteiger partial charge on any atom is 0.326 e. The lowest BCUT2D eigenvalue weighted by molar-refractivity contribution is -0.161. The minimum absolute atomic E-state index is 0.223. The lowest BCUT2D eigenvalue weighted by Crippen LogP contribution is -2.59. The van der Waals surface area contributed by atoms with Gasteiger partial charge in [0, 0.05) is 46.5 Å². The number of amides is 2. The Balaban J connectivity index is 1.68. The third-order valence-electron chi connectivity index (χ3n) is 9.62. The van der Waals surface area contributed by atoms with Gasteiger partial charge in [-0.3, -0.25) is 19.7 Å². The predicted molar refractivity (Wildman–Crippen MR) is 196 cm³/mol. The van der Waals surface area contributed by atoms with E-state index in [0.717, 1.165) is 16.8 Å².